The van der Waals surface area contributed by atoms with Gasteiger partial charge in [0.05, 0.1) is 18.2 Å². The topological polar surface area (TPSA) is 12.2 Å². The molecule has 2 nitrogen and oxygen atoms in total. The molecule has 3 aliphatic rings. The van der Waals surface area contributed by atoms with Gasteiger partial charge in [-0.05, 0) is 20.3 Å². The van der Waals surface area contributed by atoms with Crippen LogP contribution < -0.4 is 0 Å². The van der Waals surface area contributed by atoms with Gasteiger partial charge in [0, 0.05) is 12.1 Å². The predicted molar refractivity (Wildman–Crippen MR) is 37.9 cm³/mol. The standard InChI is InChI=1S/C8H13NO/c1-5-8(2)7-3-6(4-10-7)9(5)8/h5-7H,3-4H2,1-2H3/t5?,6-,7-,8?,9?/m0/s1. The maximum absolute atomic E-state index is 5.64. The number of hydrogen-bond donors (Lipinski definition) is 0. The van der Waals surface area contributed by atoms with Crippen LogP contribution in [-0.2, 0) is 4.74 Å². The second-order valence-corrected chi connectivity index (χ2v) is 4.02. The van der Waals surface area contributed by atoms with Gasteiger partial charge in [-0.1, -0.05) is 0 Å². The Morgan fingerprint density at radius 1 is 1.60 bits per heavy atom. The Balaban J connectivity index is 2.02. The van der Waals surface area contributed by atoms with E-state index < -0.39 is 0 Å². The van der Waals surface area contributed by atoms with E-state index in [9.17, 15) is 0 Å². The highest BCUT2D eigenvalue weighted by molar-refractivity contribution is 5.26. The lowest BCUT2D eigenvalue weighted by molar-refractivity contribution is 0.0424. The van der Waals surface area contributed by atoms with Crippen LogP contribution in [0.2, 0.25) is 0 Å². The molecule has 5 atom stereocenters. The lowest BCUT2D eigenvalue weighted by Gasteiger charge is -2.17. The van der Waals surface area contributed by atoms with E-state index in [1.54, 1.807) is 0 Å². The van der Waals surface area contributed by atoms with Crippen LogP contribution >= 0.6 is 0 Å². The first-order valence-corrected chi connectivity index (χ1v) is 4.14. The van der Waals surface area contributed by atoms with Crippen molar-refractivity contribution >= 4 is 0 Å². The van der Waals surface area contributed by atoms with Crippen molar-refractivity contribution in [1.29, 1.82) is 0 Å². The Hall–Kier alpha value is -0.0800. The first kappa shape index (κ1) is 5.56. The lowest BCUT2D eigenvalue weighted by Crippen LogP contribution is -2.30. The van der Waals surface area contributed by atoms with Gasteiger partial charge in [-0.15, -0.1) is 0 Å². The molecule has 0 aromatic rings. The van der Waals surface area contributed by atoms with Gasteiger partial charge in [0.25, 0.3) is 0 Å². The van der Waals surface area contributed by atoms with Crippen LogP contribution in [-0.4, -0.2) is 35.2 Å². The van der Waals surface area contributed by atoms with Gasteiger partial charge in [-0.25, -0.2) is 0 Å². The van der Waals surface area contributed by atoms with E-state index in [2.05, 4.69) is 18.7 Å². The molecule has 3 fully saturated rings. The van der Waals surface area contributed by atoms with E-state index >= 15 is 0 Å². The minimum Gasteiger partial charge on any atom is -0.375 e. The zero-order valence-corrected chi connectivity index (χ0v) is 6.50. The molecular formula is C8H13NO. The zero-order chi connectivity index (χ0) is 6.93. The molecule has 0 aromatic heterocycles. The van der Waals surface area contributed by atoms with Gasteiger partial charge in [-0.3, -0.25) is 4.90 Å². The molecule has 2 bridgehead atoms. The Kier molecular flexibility index (Phi) is 0.710. The maximum atomic E-state index is 5.64. The molecule has 3 aliphatic heterocycles. The van der Waals surface area contributed by atoms with E-state index in [0.717, 1.165) is 18.7 Å². The smallest absolute Gasteiger partial charge is 0.0788 e. The van der Waals surface area contributed by atoms with Crippen LogP contribution in [0.15, 0.2) is 0 Å². The second-order valence-electron chi connectivity index (χ2n) is 4.02. The summed E-state index contributed by atoms with van der Waals surface area (Å²) in [4.78, 5) is 2.61. The molecule has 2 heteroatoms. The van der Waals surface area contributed by atoms with Gasteiger partial charge in [0.2, 0.25) is 0 Å². The third-order valence-electron chi connectivity index (χ3n) is 3.77. The normalized spacial score (nSPS) is 70.2. The SMILES string of the molecule is CC1N2[C@@H]3CO[C@@H](C3)C12C. The minimum absolute atomic E-state index is 0.447. The number of morpholine rings is 1. The fourth-order valence-electron chi connectivity index (χ4n) is 2.96. The third-order valence-corrected chi connectivity index (χ3v) is 3.77. The van der Waals surface area contributed by atoms with Crippen molar-refractivity contribution in [2.45, 2.75) is 44.0 Å². The van der Waals surface area contributed by atoms with E-state index in [1.807, 2.05) is 0 Å². The van der Waals surface area contributed by atoms with Crippen molar-refractivity contribution in [3.05, 3.63) is 0 Å². The molecule has 3 unspecified atom stereocenters. The molecule has 10 heavy (non-hydrogen) atoms. The fraction of sp³-hybridized carbons (Fsp3) is 1.00. The highest BCUT2D eigenvalue weighted by atomic mass is 16.5. The summed E-state index contributed by atoms with van der Waals surface area (Å²) in [5.74, 6) is 0. The molecule has 0 aliphatic carbocycles. The van der Waals surface area contributed by atoms with Crippen molar-refractivity contribution in [2.24, 2.45) is 0 Å². The van der Waals surface area contributed by atoms with Crippen LogP contribution in [0.5, 0.6) is 0 Å². The Morgan fingerprint density at radius 3 is 2.90 bits per heavy atom. The summed E-state index contributed by atoms with van der Waals surface area (Å²) in [6, 6.07) is 1.56. The predicted octanol–water partition coefficient (Wildman–Crippen LogP) is 0.620. The van der Waals surface area contributed by atoms with Crippen LogP contribution in [0, 0.1) is 0 Å². The molecule has 3 saturated heterocycles. The Morgan fingerprint density at radius 2 is 2.40 bits per heavy atom. The van der Waals surface area contributed by atoms with Crippen molar-refractivity contribution in [2.75, 3.05) is 6.61 Å². The summed E-state index contributed by atoms with van der Waals surface area (Å²) in [5.41, 5.74) is 0.447. The van der Waals surface area contributed by atoms with Crippen molar-refractivity contribution in [3.8, 4) is 0 Å². The first-order valence-electron chi connectivity index (χ1n) is 4.14. The first-order chi connectivity index (χ1) is 4.74. The summed E-state index contributed by atoms with van der Waals surface area (Å²) < 4.78 is 5.64. The molecule has 0 aromatic carbocycles. The molecule has 3 rings (SSSR count). The summed E-state index contributed by atoms with van der Waals surface area (Å²) in [7, 11) is 0. The maximum Gasteiger partial charge on any atom is 0.0788 e. The average molecular weight is 139 g/mol. The number of rotatable bonds is 0. The van der Waals surface area contributed by atoms with Gasteiger partial charge >= 0.3 is 0 Å². The van der Waals surface area contributed by atoms with Gasteiger partial charge < -0.3 is 4.74 Å². The number of piperidine rings is 1. The summed E-state index contributed by atoms with van der Waals surface area (Å²) >= 11 is 0. The fourth-order valence-corrected chi connectivity index (χ4v) is 2.96. The number of ether oxygens (including phenoxy) is 1. The van der Waals surface area contributed by atoms with Crippen molar-refractivity contribution < 1.29 is 4.74 Å². The number of nitrogens with zero attached hydrogens (tertiary/aromatic N) is 1. The summed E-state index contributed by atoms with van der Waals surface area (Å²) in [6.45, 7) is 5.64. The molecule has 0 spiro atoms. The molecule has 0 radical (unpaired) electrons. The van der Waals surface area contributed by atoms with Crippen LogP contribution in [0.25, 0.3) is 0 Å². The van der Waals surface area contributed by atoms with Gasteiger partial charge in [-0.2, -0.15) is 0 Å². The monoisotopic (exact) mass is 139 g/mol. The quantitative estimate of drug-likeness (QED) is 0.456. The van der Waals surface area contributed by atoms with Crippen LogP contribution in [0.3, 0.4) is 0 Å². The largest absolute Gasteiger partial charge is 0.375 e. The van der Waals surface area contributed by atoms with E-state index in [1.165, 1.54) is 6.42 Å². The minimum atomic E-state index is 0.447. The van der Waals surface area contributed by atoms with E-state index in [-0.39, 0.29) is 0 Å². The third kappa shape index (κ3) is 0.350. The molecule has 0 amide bonds. The van der Waals surface area contributed by atoms with E-state index in [4.69, 9.17) is 4.74 Å². The van der Waals surface area contributed by atoms with E-state index in [0.29, 0.717) is 11.6 Å². The highest BCUT2D eigenvalue weighted by Crippen LogP contribution is 2.57. The molecule has 56 valence electrons. The van der Waals surface area contributed by atoms with Gasteiger partial charge in [0.1, 0.15) is 0 Å². The summed E-state index contributed by atoms with van der Waals surface area (Å²) in [5, 5.41) is 0. The molecule has 3 heterocycles. The lowest BCUT2D eigenvalue weighted by atomic mass is 10.00. The second kappa shape index (κ2) is 1.28. The van der Waals surface area contributed by atoms with Gasteiger partial charge in [0.15, 0.2) is 0 Å². The molecule has 0 saturated carbocycles. The van der Waals surface area contributed by atoms with Crippen molar-refractivity contribution in [1.82, 2.24) is 4.90 Å². The Labute approximate surface area is 61.1 Å². The Bertz CT molecular complexity index is 190. The zero-order valence-electron chi connectivity index (χ0n) is 6.50. The summed E-state index contributed by atoms with van der Waals surface area (Å²) in [6.07, 6.45) is 1.85. The molecule has 0 N–H and O–H groups in total. The number of hydrogen-bond acceptors (Lipinski definition) is 2. The average Bonchev–Trinajstić information content (AvgIpc) is 2.36. The highest BCUT2D eigenvalue weighted by Gasteiger charge is 2.71. The molecular weight excluding hydrogens is 126 g/mol. The van der Waals surface area contributed by atoms with Crippen LogP contribution in [0.4, 0.5) is 0 Å². The number of fused-ring (bicyclic) bond motifs is 5. The van der Waals surface area contributed by atoms with Crippen LogP contribution in [0.1, 0.15) is 20.3 Å². The van der Waals surface area contributed by atoms with Crippen molar-refractivity contribution in [3.63, 3.8) is 0 Å².